The zero-order chi connectivity index (χ0) is 19.0. The molecule has 1 fully saturated rings. The van der Waals surface area contributed by atoms with Gasteiger partial charge in [-0.15, -0.1) is 0 Å². The van der Waals surface area contributed by atoms with Crippen molar-refractivity contribution in [2.45, 2.75) is 19.8 Å². The Morgan fingerprint density at radius 1 is 1.22 bits per heavy atom. The molecule has 2 aromatic carbocycles. The maximum atomic E-state index is 14.6. The molecule has 1 atom stereocenters. The lowest BCUT2D eigenvalue weighted by Crippen LogP contribution is -2.34. The first-order valence-corrected chi connectivity index (χ1v) is 9.14. The van der Waals surface area contributed by atoms with E-state index in [0.29, 0.717) is 23.0 Å². The van der Waals surface area contributed by atoms with Crippen LogP contribution in [0.4, 0.5) is 25.8 Å². The first-order valence-electron chi connectivity index (χ1n) is 9.14. The predicted octanol–water partition coefficient (Wildman–Crippen LogP) is 4.61. The van der Waals surface area contributed by atoms with Crippen LogP contribution < -0.4 is 15.5 Å². The topological polar surface area (TPSA) is 44.4 Å². The molecule has 1 unspecified atom stereocenters. The van der Waals surface area contributed by atoms with Gasteiger partial charge in [-0.05, 0) is 49.1 Å². The fourth-order valence-corrected chi connectivity index (χ4v) is 3.76. The summed E-state index contributed by atoms with van der Waals surface area (Å²) in [6, 6.07) is 9.41. The zero-order valence-corrected chi connectivity index (χ0v) is 15.1. The van der Waals surface area contributed by atoms with Crippen LogP contribution in [0.3, 0.4) is 0 Å². The van der Waals surface area contributed by atoms with Crippen LogP contribution in [0.5, 0.6) is 0 Å². The summed E-state index contributed by atoms with van der Waals surface area (Å²) in [4.78, 5) is 14.2. The van der Waals surface area contributed by atoms with Gasteiger partial charge in [0.15, 0.2) is 0 Å². The molecule has 0 saturated carbocycles. The van der Waals surface area contributed by atoms with Crippen LogP contribution in [0.1, 0.15) is 25.3 Å². The van der Waals surface area contributed by atoms with Gasteiger partial charge in [-0.3, -0.25) is 4.79 Å². The molecule has 2 N–H and O–H groups in total. The largest absolute Gasteiger partial charge is 0.369 e. The van der Waals surface area contributed by atoms with E-state index in [9.17, 15) is 13.6 Å². The number of benzene rings is 2. The van der Waals surface area contributed by atoms with Crippen LogP contribution in [0.2, 0.25) is 0 Å². The average molecular weight is 369 g/mol. The van der Waals surface area contributed by atoms with Crippen LogP contribution in [0.15, 0.2) is 42.6 Å². The first kappa shape index (κ1) is 17.5. The summed E-state index contributed by atoms with van der Waals surface area (Å²) in [5.41, 5.74) is 1.96. The fourth-order valence-electron chi connectivity index (χ4n) is 3.76. The molecule has 0 radical (unpaired) electrons. The summed E-state index contributed by atoms with van der Waals surface area (Å²) < 4.78 is 28.7. The molecule has 1 amide bonds. The molecule has 0 aliphatic carbocycles. The van der Waals surface area contributed by atoms with Crippen molar-refractivity contribution in [2.75, 3.05) is 28.6 Å². The summed E-state index contributed by atoms with van der Waals surface area (Å²) in [6.45, 7) is 3.88. The third-order valence-electron chi connectivity index (χ3n) is 5.10. The summed E-state index contributed by atoms with van der Waals surface area (Å²) >= 11 is 0. The van der Waals surface area contributed by atoms with Crippen molar-refractivity contribution in [3.8, 4) is 0 Å². The second-order valence-electron chi connectivity index (χ2n) is 7.18. The Balaban J connectivity index is 1.55. The molecule has 0 aromatic heterocycles. The number of nitrogens with zero attached hydrogens (tertiary/aromatic N) is 1. The molecule has 4 nitrogen and oxygen atoms in total. The van der Waals surface area contributed by atoms with Gasteiger partial charge in [0.1, 0.15) is 11.6 Å². The lowest BCUT2D eigenvalue weighted by molar-refractivity contribution is -0.110. The lowest BCUT2D eigenvalue weighted by atomic mass is 9.99. The smallest absolute Gasteiger partial charge is 0.257 e. The van der Waals surface area contributed by atoms with Crippen molar-refractivity contribution in [3.05, 3.63) is 59.8 Å². The minimum atomic E-state index is -0.473. The quantitative estimate of drug-likeness (QED) is 0.777. The summed E-state index contributed by atoms with van der Waals surface area (Å²) in [6.07, 6.45) is 3.65. The van der Waals surface area contributed by atoms with Gasteiger partial charge < -0.3 is 15.5 Å². The molecule has 140 valence electrons. The Kier molecular flexibility index (Phi) is 4.56. The number of hydrogen-bond donors (Lipinski definition) is 2. The van der Waals surface area contributed by atoms with Crippen LogP contribution in [-0.2, 0) is 4.79 Å². The van der Waals surface area contributed by atoms with Crippen LogP contribution in [-0.4, -0.2) is 19.0 Å². The summed E-state index contributed by atoms with van der Waals surface area (Å²) in [5.74, 6) is -0.617. The minimum absolute atomic E-state index is 0.192. The molecule has 27 heavy (non-hydrogen) atoms. The van der Waals surface area contributed by atoms with Gasteiger partial charge >= 0.3 is 0 Å². The van der Waals surface area contributed by atoms with E-state index in [4.69, 9.17) is 0 Å². The zero-order valence-electron chi connectivity index (χ0n) is 15.1. The van der Waals surface area contributed by atoms with Gasteiger partial charge in [-0.25, -0.2) is 8.78 Å². The molecule has 4 rings (SSSR count). The van der Waals surface area contributed by atoms with Crippen molar-refractivity contribution in [3.63, 3.8) is 0 Å². The number of anilines is 3. The third kappa shape index (κ3) is 3.39. The van der Waals surface area contributed by atoms with Crippen molar-refractivity contribution in [1.82, 2.24) is 0 Å². The van der Waals surface area contributed by atoms with Crippen LogP contribution >= 0.6 is 0 Å². The predicted molar refractivity (Wildman–Crippen MR) is 104 cm³/mol. The number of hydrogen-bond acceptors (Lipinski definition) is 3. The molecular weight excluding hydrogens is 348 g/mol. The highest BCUT2D eigenvalue weighted by Crippen LogP contribution is 2.34. The molecule has 6 heteroatoms. The van der Waals surface area contributed by atoms with Gasteiger partial charge in [0.25, 0.3) is 5.91 Å². The maximum absolute atomic E-state index is 14.6. The summed E-state index contributed by atoms with van der Waals surface area (Å²) in [7, 11) is 0. The number of amides is 1. The molecule has 2 heterocycles. The van der Waals surface area contributed by atoms with Gasteiger partial charge in [-0.1, -0.05) is 13.0 Å². The van der Waals surface area contributed by atoms with E-state index in [1.807, 2.05) is 0 Å². The molecular formula is C21H21F2N3O. The number of carbonyl (C=O) groups excluding carboxylic acids is 1. The molecule has 2 aliphatic heterocycles. The van der Waals surface area contributed by atoms with Gasteiger partial charge in [0.2, 0.25) is 0 Å². The molecule has 2 aromatic rings. The molecule has 1 saturated heterocycles. The number of rotatable bonds is 3. The number of halogens is 2. The summed E-state index contributed by atoms with van der Waals surface area (Å²) in [5, 5.41) is 5.54. The highest BCUT2D eigenvalue weighted by molar-refractivity contribution is 6.31. The average Bonchev–Trinajstić information content (AvgIpc) is 2.96. The highest BCUT2D eigenvalue weighted by atomic mass is 19.1. The number of nitrogens with one attached hydrogen (secondary N) is 2. The molecule has 2 aliphatic rings. The monoisotopic (exact) mass is 369 g/mol. The van der Waals surface area contributed by atoms with E-state index in [-0.39, 0.29) is 22.9 Å². The fraction of sp³-hybridized carbons (Fsp3) is 0.286. The van der Waals surface area contributed by atoms with Crippen molar-refractivity contribution in [1.29, 1.82) is 0 Å². The van der Waals surface area contributed by atoms with E-state index in [2.05, 4.69) is 22.5 Å². The van der Waals surface area contributed by atoms with E-state index in [0.717, 1.165) is 19.5 Å². The van der Waals surface area contributed by atoms with Crippen LogP contribution in [0.25, 0.3) is 5.57 Å². The van der Waals surface area contributed by atoms with E-state index in [1.54, 1.807) is 24.3 Å². The van der Waals surface area contributed by atoms with Crippen LogP contribution in [0, 0.1) is 17.6 Å². The highest BCUT2D eigenvalue weighted by Gasteiger charge is 2.27. The standard InChI is InChI=1S/C21H21F2N3O/c1-13-4-3-9-26(12-13)19-8-7-14(10-17(19)23)24-11-15-20-16(22)5-2-6-18(20)25-21(15)27/h2,5-8,10-11,13,24H,3-4,9,12H2,1H3,(H,25,27)/b15-11+. The maximum Gasteiger partial charge on any atom is 0.257 e. The number of carbonyl (C=O) groups is 1. The van der Waals surface area contributed by atoms with E-state index >= 15 is 0 Å². The Morgan fingerprint density at radius 3 is 2.85 bits per heavy atom. The van der Waals surface area contributed by atoms with E-state index < -0.39 is 5.82 Å². The Hall–Kier alpha value is -2.89. The van der Waals surface area contributed by atoms with Gasteiger partial charge in [-0.2, -0.15) is 0 Å². The Morgan fingerprint density at radius 2 is 2.07 bits per heavy atom. The second-order valence-corrected chi connectivity index (χ2v) is 7.18. The van der Waals surface area contributed by atoms with Crippen molar-refractivity contribution < 1.29 is 13.6 Å². The van der Waals surface area contributed by atoms with Gasteiger partial charge in [0.05, 0.1) is 16.9 Å². The Bertz CT molecular complexity index is 926. The van der Waals surface area contributed by atoms with E-state index in [1.165, 1.54) is 24.8 Å². The Labute approximate surface area is 156 Å². The van der Waals surface area contributed by atoms with Crippen molar-refractivity contribution >= 4 is 28.5 Å². The normalized spacial score (nSPS) is 20.6. The van der Waals surface area contributed by atoms with Gasteiger partial charge in [0, 0.05) is 30.5 Å². The SMILES string of the molecule is CC1CCCN(c2ccc(N/C=C3/C(=O)Nc4cccc(F)c43)cc2F)C1. The minimum Gasteiger partial charge on any atom is -0.369 e. The number of piperidine rings is 1. The van der Waals surface area contributed by atoms with Crippen molar-refractivity contribution in [2.24, 2.45) is 5.92 Å². The number of fused-ring (bicyclic) bond motifs is 1. The lowest BCUT2D eigenvalue weighted by Gasteiger charge is -2.33. The molecule has 0 spiro atoms. The molecule has 0 bridgehead atoms. The second kappa shape index (κ2) is 7.02. The third-order valence-corrected chi connectivity index (χ3v) is 5.10. The first-order chi connectivity index (χ1) is 13.0.